The van der Waals surface area contributed by atoms with Crippen molar-refractivity contribution in [2.24, 2.45) is 0 Å². The molecule has 0 saturated carbocycles. The van der Waals surface area contributed by atoms with Gasteiger partial charge in [-0.3, -0.25) is 14.5 Å². The maximum atomic E-state index is 12.7. The molecule has 0 aliphatic carbocycles. The maximum Gasteiger partial charge on any atom is 0.255 e. The van der Waals surface area contributed by atoms with E-state index < -0.39 is 6.04 Å². The Morgan fingerprint density at radius 3 is 2.47 bits per heavy atom. The Labute approximate surface area is 186 Å². The van der Waals surface area contributed by atoms with Crippen LogP contribution in [0.5, 0.6) is 0 Å². The van der Waals surface area contributed by atoms with Crippen LogP contribution in [-0.4, -0.2) is 57.8 Å². The van der Waals surface area contributed by atoms with Crippen molar-refractivity contribution in [1.82, 2.24) is 19.7 Å². The van der Waals surface area contributed by atoms with Crippen LogP contribution in [0.4, 0.5) is 11.4 Å². The fourth-order valence-corrected chi connectivity index (χ4v) is 3.45. The number of ether oxygens (including phenoxy) is 1. The third-order valence-corrected chi connectivity index (χ3v) is 5.32. The van der Waals surface area contributed by atoms with Gasteiger partial charge in [-0.25, -0.2) is 9.67 Å². The van der Waals surface area contributed by atoms with E-state index in [1.165, 1.54) is 17.3 Å². The van der Waals surface area contributed by atoms with Gasteiger partial charge in [-0.1, -0.05) is 12.1 Å². The van der Waals surface area contributed by atoms with Crippen LogP contribution >= 0.6 is 0 Å². The Kier molecular flexibility index (Phi) is 6.88. The lowest BCUT2D eigenvalue weighted by Crippen LogP contribution is -2.35. The first-order chi connectivity index (χ1) is 15.6. The molecule has 1 fully saturated rings. The van der Waals surface area contributed by atoms with Crippen molar-refractivity contribution in [3.05, 3.63) is 72.3 Å². The van der Waals surface area contributed by atoms with E-state index in [9.17, 15) is 9.59 Å². The second kappa shape index (κ2) is 10.2. The third kappa shape index (κ3) is 5.57. The van der Waals surface area contributed by atoms with Gasteiger partial charge < -0.3 is 15.4 Å². The van der Waals surface area contributed by atoms with Crippen LogP contribution < -0.4 is 10.6 Å². The molecule has 1 aliphatic heterocycles. The summed E-state index contributed by atoms with van der Waals surface area (Å²) in [6.45, 7) is 5.83. The molecule has 166 valence electrons. The van der Waals surface area contributed by atoms with Gasteiger partial charge in [-0.15, -0.1) is 0 Å². The van der Waals surface area contributed by atoms with Crippen LogP contribution in [0.2, 0.25) is 0 Å². The predicted octanol–water partition coefficient (Wildman–Crippen LogP) is 2.56. The number of hydrogen-bond donors (Lipinski definition) is 2. The highest BCUT2D eigenvalue weighted by Gasteiger charge is 2.16. The topological polar surface area (TPSA) is 101 Å². The predicted molar refractivity (Wildman–Crippen MR) is 120 cm³/mol. The molecule has 9 heteroatoms. The summed E-state index contributed by atoms with van der Waals surface area (Å²) in [6.07, 6.45) is 2.89. The summed E-state index contributed by atoms with van der Waals surface area (Å²) >= 11 is 0. The minimum Gasteiger partial charge on any atom is -0.379 e. The summed E-state index contributed by atoms with van der Waals surface area (Å²) in [4.78, 5) is 31.2. The standard InChI is InChI=1S/C23H26N6O3/c1-17(29-16-24-15-25-29)22(30)26-20-5-7-21(8-6-20)27-23(31)19-4-2-3-18(13-19)14-28-9-11-32-12-10-28/h2-8,13,15-17H,9-12,14H2,1H3,(H,26,30)(H,27,31). The van der Waals surface area contributed by atoms with E-state index in [1.54, 1.807) is 37.3 Å². The normalized spacial score (nSPS) is 15.2. The number of carbonyl (C=O) groups is 2. The van der Waals surface area contributed by atoms with E-state index >= 15 is 0 Å². The SMILES string of the molecule is CC(C(=O)Nc1ccc(NC(=O)c2cccc(CN3CCOCC3)c2)cc1)n1cncn1. The molecule has 1 unspecified atom stereocenters. The van der Waals surface area contributed by atoms with Gasteiger partial charge in [-0.05, 0) is 48.9 Å². The van der Waals surface area contributed by atoms with Crippen LogP contribution in [0.1, 0.15) is 28.9 Å². The number of benzene rings is 2. The van der Waals surface area contributed by atoms with E-state index in [1.807, 2.05) is 18.2 Å². The molecule has 2 heterocycles. The summed E-state index contributed by atoms with van der Waals surface area (Å²) < 4.78 is 6.87. The second-order valence-electron chi connectivity index (χ2n) is 7.66. The number of nitrogens with one attached hydrogen (secondary N) is 2. The number of morpholine rings is 1. The molecule has 2 aromatic carbocycles. The van der Waals surface area contributed by atoms with E-state index in [0.29, 0.717) is 16.9 Å². The van der Waals surface area contributed by atoms with E-state index in [4.69, 9.17) is 4.74 Å². The van der Waals surface area contributed by atoms with Gasteiger partial charge in [0.25, 0.3) is 5.91 Å². The van der Waals surface area contributed by atoms with Gasteiger partial charge in [0.05, 0.1) is 13.2 Å². The second-order valence-corrected chi connectivity index (χ2v) is 7.66. The number of carbonyl (C=O) groups excluding carboxylic acids is 2. The smallest absolute Gasteiger partial charge is 0.255 e. The number of rotatable bonds is 7. The Morgan fingerprint density at radius 2 is 1.78 bits per heavy atom. The molecule has 1 aliphatic rings. The largest absolute Gasteiger partial charge is 0.379 e. The monoisotopic (exact) mass is 434 g/mol. The van der Waals surface area contributed by atoms with Crippen molar-refractivity contribution in [2.45, 2.75) is 19.5 Å². The van der Waals surface area contributed by atoms with E-state index in [2.05, 4.69) is 25.6 Å². The summed E-state index contributed by atoms with van der Waals surface area (Å²) in [6, 6.07) is 14.2. The molecular formula is C23H26N6O3. The zero-order chi connectivity index (χ0) is 22.3. The van der Waals surface area contributed by atoms with E-state index in [0.717, 1.165) is 38.4 Å². The molecule has 0 spiro atoms. The lowest BCUT2D eigenvalue weighted by Gasteiger charge is -2.26. The van der Waals surface area contributed by atoms with Gasteiger partial charge in [0, 0.05) is 36.6 Å². The Hall–Kier alpha value is -3.56. The molecule has 2 N–H and O–H groups in total. The Morgan fingerprint density at radius 1 is 1.06 bits per heavy atom. The van der Waals surface area contributed by atoms with Crippen LogP contribution in [-0.2, 0) is 16.1 Å². The minimum absolute atomic E-state index is 0.176. The van der Waals surface area contributed by atoms with Crippen molar-refractivity contribution in [1.29, 1.82) is 0 Å². The van der Waals surface area contributed by atoms with Crippen LogP contribution in [0, 0.1) is 0 Å². The average molecular weight is 435 g/mol. The first kappa shape index (κ1) is 21.7. The number of nitrogens with zero attached hydrogens (tertiary/aromatic N) is 4. The Bertz CT molecular complexity index is 1050. The van der Waals surface area contributed by atoms with Gasteiger partial charge in [0.15, 0.2) is 0 Å². The number of anilines is 2. The minimum atomic E-state index is -0.485. The van der Waals surface area contributed by atoms with Crippen molar-refractivity contribution in [2.75, 3.05) is 36.9 Å². The quantitative estimate of drug-likeness (QED) is 0.593. The van der Waals surface area contributed by atoms with Crippen LogP contribution in [0.3, 0.4) is 0 Å². The molecule has 32 heavy (non-hydrogen) atoms. The first-order valence-corrected chi connectivity index (χ1v) is 10.5. The van der Waals surface area contributed by atoms with Crippen molar-refractivity contribution < 1.29 is 14.3 Å². The third-order valence-electron chi connectivity index (χ3n) is 5.32. The highest BCUT2D eigenvalue weighted by atomic mass is 16.5. The molecule has 1 saturated heterocycles. The number of aromatic nitrogens is 3. The van der Waals surface area contributed by atoms with Crippen LogP contribution in [0.15, 0.2) is 61.2 Å². The molecule has 1 aromatic heterocycles. The number of hydrogen-bond acceptors (Lipinski definition) is 6. The van der Waals surface area contributed by atoms with E-state index in [-0.39, 0.29) is 11.8 Å². The van der Waals surface area contributed by atoms with Gasteiger partial charge in [-0.2, -0.15) is 5.10 Å². The van der Waals surface area contributed by atoms with Crippen molar-refractivity contribution in [3.8, 4) is 0 Å². The lowest BCUT2D eigenvalue weighted by molar-refractivity contribution is -0.119. The zero-order valence-corrected chi connectivity index (χ0v) is 17.9. The lowest BCUT2D eigenvalue weighted by atomic mass is 10.1. The van der Waals surface area contributed by atoms with Gasteiger partial charge in [0.2, 0.25) is 5.91 Å². The van der Waals surface area contributed by atoms with Crippen molar-refractivity contribution in [3.63, 3.8) is 0 Å². The van der Waals surface area contributed by atoms with Gasteiger partial charge in [0.1, 0.15) is 18.7 Å². The Balaban J connectivity index is 1.33. The zero-order valence-electron chi connectivity index (χ0n) is 17.9. The fourth-order valence-electron chi connectivity index (χ4n) is 3.45. The summed E-state index contributed by atoms with van der Waals surface area (Å²) in [5.74, 6) is -0.380. The maximum absolute atomic E-state index is 12.7. The molecule has 0 bridgehead atoms. The summed E-state index contributed by atoms with van der Waals surface area (Å²) in [7, 11) is 0. The number of amides is 2. The molecule has 4 rings (SSSR count). The summed E-state index contributed by atoms with van der Waals surface area (Å²) in [5, 5.41) is 9.72. The van der Waals surface area contributed by atoms with Crippen LogP contribution in [0.25, 0.3) is 0 Å². The molecule has 0 radical (unpaired) electrons. The fraction of sp³-hybridized carbons (Fsp3) is 0.304. The molecular weight excluding hydrogens is 408 g/mol. The highest BCUT2D eigenvalue weighted by molar-refractivity contribution is 6.04. The molecule has 2 amide bonds. The molecule has 1 atom stereocenters. The van der Waals surface area contributed by atoms with Gasteiger partial charge >= 0.3 is 0 Å². The van der Waals surface area contributed by atoms with Crippen molar-refractivity contribution >= 4 is 23.2 Å². The highest BCUT2D eigenvalue weighted by Crippen LogP contribution is 2.17. The molecule has 3 aromatic rings. The molecule has 9 nitrogen and oxygen atoms in total. The average Bonchev–Trinajstić information content (AvgIpc) is 3.36. The summed E-state index contributed by atoms with van der Waals surface area (Å²) in [5.41, 5.74) is 2.98. The first-order valence-electron chi connectivity index (χ1n) is 10.5.